The number of fused-ring (bicyclic) bond motifs is 2. The van der Waals surface area contributed by atoms with E-state index in [1.165, 1.54) is 26.2 Å². The fourth-order valence-electron chi connectivity index (χ4n) is 9.95. The van der Waals surface area contributed by atoms with Gasteiger partial charge in [-0.3, -0.25) is 38.8 Å². The lowest BCUT2D eigenvalue weighted by molar-refractivity contribution is -0.136. The first kappa shape index (κ1) is 38.8. The predicted molar refractivity (Wildman–Crippen MR) is 224 cm³/mol. The predicted octanol–water partition coefficient (Wildman–Crippen LogP) is 4.97. The molecule has 15 heteroatoms. The number of pyridine rings is 2. The summed E-state index contributed by atoms with van der Waals surface area (Å²) in [7, 11) is 0. The normalized spacial score (nSPS) is 22.4. The van der Waals surface area contributed by atoms with Gasteiger partial charge in [-0.25, -0.2) is 9.97 Å². The SMILES string of the molecule is CC(=O)c1c(C)c2cnc(Nc3ccc(N4CCN(CCC5CC(CNc6cccc7c6CN(C6CCC(=O)NC6=O)C7=O)C5)CC4)cn3)nc2n(C2CCCC2)c1=O. The van der Waals surface area contributed by atoms with Gasteiger partial charge in [0, 0.05) is 80.1 Å². The molecule has 4 aromatic rings. The Hall–Kier alpha value is -5.70. The van der Waals surface area contributed by atoms with Crippen LogP contribution in [0.15, 0.2) is 47.5 Å². The van der Waals surface area contributed by atoms with Crippen molar-refractivity contribution in [1.29, 1.82) is 0 Å². The molecule has 1 aromatic carbocycles. The van der Waals surface area contributed by atoms with E-state index in [0.29, 0.717) is 47.4 Å². The molecular weight excluding hydrogens is 749 g/mol. The van der Waals surface area contributed by atoms with Gasteiger partial charge < -0.3 is 20.4 Å². The van der Waals surface area contributed by atoms with Crippen molar-refractivity contribution in [2.24, 2.45) is 11.8 Å². The van der Waals surface area contributed by atoms with Gasteiger partial charge in [-0.15, -0.1) is 0 Å². The van der Waals surface area contributed by atoms with E-state index < -0.39 is 6.04 Å². The number of carbonyl (C=O) groups excluding carboxylic acids is 4. The first-order chi connectivity index (χ1) is 28.6. The average Bonchev–Trinajstić information content (AvgIpc) is 3.86. The molecule has 3 aliphatic heterocycles. The van der Waals surface area contributed by atoms with Gasteiger partial charge in [-0.05, 0) is 101 Å². The highest BCUT2D eigenvalue weighted by molar-refractivity contribution is 6.06. The topological polar surface area (TPSA) is 175 Å². The summed E-state index contributed by atoms with van der Waals surface area (Å²) in [5.74, 6) is 1.25. The van der Waals surface area contributed by atoms with Gasteiger partial charge >= 0.3 is 0 Å². The van der Waals surface area contributed by atoms with Crippen molar-refractivity contribution in [3.8, 4) is 0 Å². The highest BCUT2D eigenvalue weighted by Crippen LogP contribution is 2.38. The van der Waals surface area contributed by atoms with Crippen molar-refractivity contribution >= 4 is 57.7 Å². The molecule has 4 fully saturated rings. The second-order valence-corrected chi connectivity index (χ2v) is 17.1. The Kier molecular flexibility index (Phi) is 10.6. The summed E-state index contributed by atoms with van der Waals surface area (Å²) < 4.78 is 1.72. The molecule has 3 amide bonds. The van der Waals surface area contributed by atoms with Crippen LogP contribution in [0.2, 0.25) is 0 Å². The second kappa shape index (κ2) is 16.2. The van der Waals surface area contributed by atoms with Crippen molar-refractivity contribution in [3.63, 3.8) is 0 Å². The summed E-state index contributed by atoms with van der Waals surface area (Å²) in [4.78, 5) is 83.9. The third kappa shape index (κ3) is 7.68. The van der Waals surface area contributed by atoms with Crippen LogP contribution >= 0.6 is 0 Å². The van der Waals surface area contributed by atoms with E-state index in [2.05, 4.69) is 41.8 Å². The summed E-state index contributed by atoms with van der Waals surface area (Å²) in [6.07, 6.45) is 11.7. The number of aromatic nitrogens is 4. The molecule has 2 aliphatic carbocycles. The van der Waals surface area contributed by atoms with Crippen LogP contribution in [-0.2, 0) is 16.1 Å². The lowest BCUT2D eigenvalue weighted by Crippen LogP contribution is -2.52. The summed E-state index contributed by atoms with van der Waals surface area (Å²) in [6, 6.07) is 9.16. The molecule has 1 atom stereocenters. The highest BCUT2D eigenvalue weighted by Gasteiger charge is 2.40. The van der Waals surface area contributed by atoms with Crippen LogP contribution in [0, 0.1) is 18.8 Å². The zero-order valence-electron chi connectivity index (χ0n) is 33.8. The summed E-state index contributed by atoms with van der Waals surface area (Å²) >= 11 is 0. The molecule has 9 rings (SSSR count). The summed E-state index contributed by atoms with van der Waals surface area (Å²) in [6.45, 7) is 9.46. The van der Waals surface area contributed by atoms with Crippen LogP contribution in [0.5, 0.6) is 0 Å². The molecule has 0 radical (unpaired) electrons. The van der Waals surface area contributed by atoms with Crippen LogP contribution in [0.1, 0.15) is 103 Å². The van der Waals surface area contributed by atoms with E-state index in [9.17, 15) is 24.0 Å². The van der Waals surface area contributed by atoms with Crippen molar-refractivity contribution in [1.82, 2.24) is 34.6 Å². The number of aryl methyl sites for hydroxylation is 1. The number of Topliss-reactive ketones (excluding diaryl/α,β-unsaturated/α-hetero) is 1. The number of hydrogen-bond acceptors (Lipinski definition) is 12. The molecular formula is C44H52N10O5. The number of imide groups is 1. The Morgan fingerprint density at radius 1 is 0.932 bits per heavy atom. The molecule has 308 valence electrons. The lowest BCUT2D eigenvalue weighted by atomic mass is 9.73. The Morgan fingerprint density at radius 2 is 1.73 bits per heavy atom. The zero-order valence-corrected chi connectivity index (χ0v) is 33.8. The Bertz CT molecular complexity index is 2360. The van der Waals surface area contributed by atoms with E-state index in [1.54, 1.807) is 22.6 Å². The first-order valence-corrected chi connectivity index (χ1v) is 21.2. The van der Waals surface area contributed by atoms with Crippen molar-refractivity contribution in [2.45, 2.75) is 90.3 Å². The average molecular weight is 801 g/mol. The maximum Gasteiger partial charge on any atom is 0.263 e. The van der Waals surface area contributed by atoms with Crippen molar-refractivity contribution in [3.05, 3.63) is 75.3 Å². The molecule has 2 saturated carbocycles. The van der Waals surface area contributed by atoms with E-state index in [0.717, 1.165) is 93.2 Å². The highest BCUT2D eigenvalue weighted by atomic mass is 16.2. The Morgan fingerprint density at radius 3 is 2.46 bits per heavy atom. The number of rotatable bonds is 12. The molecule has 0 spiro atoms. The molecule has 5 aliphatic rings. The number of amides is 3. The minimum absolute atomic E-state index is 0.0187. The number of piperazine rings is 1. The largest absolute Gasteiger partial charge is 0.384 e. The number of piperidine rings is 1. The number of benzene rings is 1. The van der Waals surface area contributed by atoms with Crippen LogP contribution in [0.3, 0.4) is 0 Å². The van der Waals surface area contributed by atoms with Crippen molar-refractivity contribution < 1.29 is 19.2 Å². The number of nitrogens with zero attached hydrogens (tertiary/aromatic N) is 7. The van der Waals surface area contributed by atoms with Gasteiger partial charge in [-0.2, -0.15) is 4.98 Å². The number of hydrogen-bond donors (Lipinski definition) is 3. The van der Waals surface area contributed by atoms with Gasteiger partial charge in [0.25, 0.3) is 11.5 Å². The number of anilines is 4. The summed E-state index contributed by atoms with van der Waals surface area (Å²) in [5, 5.41) is 9.94. The van der Waals surface area contributed by atoms with E-state index in [1.807, 2.05) is 30.5 Å². The Balaban J connectivity index is 0.728. The first-order valence-electron chi connectivity index (χ1n) is 21.2. The van der Waals surface area contributed by atoms with Crippen molar-refractivity contribution in [2.75, 3.05) is 54.8 Å². The maximum atomic E-state index is 13.6. The van der Waals surface area contributed by atoms with Gasteiger partial charge in [0.2, 0.25) is 17.8 Å². The monoisotopic (exact) mass is 800 g/mol. The van der Waals surface area contributed by atoms with Crippen LogP contribution in [0.4, 0.5) is 23.1 Å². The fraction of sp³-hybridized carbons (Fsp3) is 0.500. The van der Waals surface area contributed by atoms with E-state index in [4.69, 9.17) is 4.98 Å². The van der Waals surface area contributed by atoms with Gasteiger partial charge in [-0.1, -0.05) is 18.9 Å². The number of nitrogens with one attached hydrogen (secondary N) is 3. The van der Waals surface area contributed by atoms with Gasteiger partial charge in [0.1, 0.15) is 17.5 Å². The standard InChI is InChI=1S/C44H52N10O5/c1-26-33-24-47-44(50-40(33)54(30-6-3-4-7-30)43(59)39(26)27(2)55)48-37-12-10-31(23-46-37)52-18-16-51(17-19-52)15-14-28-20-29(21-28)22-45-35-9-5-8-32-34(35)25-53(42(32)58)36-11-13-38(56)49-41(36)57/h5,8-10,12,23-24,28-30,36,45H,3-4,6-7,11,13-22,25H2,1-2H3,(H,49,56,57)(H,46,47,48,50). The molecule has 3 N–H and O–H groups in total. The smallest absolute Gasteiger partial charge is 0.263 e. The lowest BCUT2D eigenvalue weighted by Gasteiger charge is -2.39. The fourth-order valence-corrected chi connectivity index (χ4v) is 9.95. The van der Waals surface area contributed by atoms with E-state index >= 15 is 0 Å². The summed E-state index contributed by atoms with van der Waals surface area (Å²) in [5.41, 5.74) is 4.74. The number of ketones is 1. The molecule has 59 heavy (non-hydrogen) atoms. The van der Waals surface area contributed by atoms with Gasteiger partial charge in [0.05, 0.1) is 17.4 Å². The van der Waals surface area contributed by atoms with Crippen LogP contribution in [0.25, 0.3) is 11.0 Å². The third-order valence-corrected chi connectivity index (χ3v) is 13.3. The molecule has 2 saturated heterocycles. The molecule has 15 nitrogen and oxygen atoms in total. The quantitative estimate of drug-likeness (QED) is 0.130. The zero-order chi connectivity index (χ0) is 40.8. The van der Waals surface area contributed by atoms with Gasteiger partial charge in [0.15, 0.2) is 5.78 Å². The molecule has 3 aromatic heterocycles. The minimum Gasteiger partial charge on any atom is -0.384 e. The molecule has 1 unspecified atom stereocenters. The van der Waals surface area contributed by atoms with Crippen LogP contribution < -0.4 is 26.4 Å². The molecule has 0 bridgehead atoms. The second-order valence-electron chi connectivity index (χ2n) is 17.1. The third-order valence-electron chi connectivity index (χ3n) is 13.3. The number of carbonyl (C=O) groups is 4. The minimum atomic E-state index is -0.609. The Labute approximate surface area is 343 Å². The van der Waals surface area contributed by atoms with E-state index in [-0.39, 0.29) is 47.1 Å². The van der Waals surface area contributed by atoms with Crippen LogP contribution in [-0.4, -0.2) is 98.1 Å². The maximum absolute atomic E-state index is 13.6. The molecule has 6 heterocycles.